The fourth-order valence-corrected chi connectivity index (χ4v) is 2.59. The smallest absolute Gasteiger partial charge is 0.321 e. The van der Waals surface area contributed by atoms with Crippen molar-refractivity contribution >= 4 is 11.8 Å². The first-order valence-electron chi connectivity index (χ1n) is 6.77. The zero-order valence-electron chi connectivity index (χ0n) is 12.2. The van der Waals surface area contributed by atoms with Crippen molar-refractivity contribution in [3.8, 4) is 0 Å². The monoisotopic (exact) mass is 272 g/mol. The summed E-state index contributed by atoms with van der Waals surface area (Å²) in [6, 6.07) is 7.36. The van der Waals surface area contributed by atoms with Crippen molar-refractivity contribution in [1.82, 2.24) is 0 Å². The Labute approximate surface area is 119 Å². The number of rotatable bonds is 3. The van der Waals surface area contributed by atoms with E-state index in [0.717, 1.165) is 5.56 Å². The Kier molecular flexibility index (Phi) is 3.55. The van der Waals surface area contributed by atoms with E-state index in [1.165, 1.54) is 0 Å². The van der Waals surface area contributed by atoms with Gasteiger partial charge in [-0.2, -0.15) is 0 Å². The molecule has 0 amide bonds. The molecule has 0 saturated carbocycles. The van der Waals surface area contributed by atoms with Gasteiger partial charge in [-0.3, -0.25) is 9.59 Å². The third kappa shape index (κ3) is 2.40. The van der Waals surface area contributed by atoms with E-state index in [2.05, 4.69) is 6.58 Å². The summed E-state index contributed by atoms with van der Waals surface area (Å²) < 4.78 is 5.47. The molecule has 0 N–H and O–H groups in total. The Hall–Kier alpha value is -1.90. The van der Waals surface area contributed by atoms with Crippen molar-refractivity contribution in [1.29, 1.82) is 0 Å². The van der Waals surface area contributed by atoms with E-state index in [9.17, 15) is 9.59 Å². The van der Waals surface area contributed by atoms with Crippen molar-refractivity contribution in [2.75, 3.05) is 0 Å². The van der Waals surface area contributed by atoms with E-state index in [0.29, 0.717) is 18.4 Å². The molecule has 0 fully saturated rings. The van der Waals surface area contributed by atoms with Crippen LogP contribution in [0.5, 0.6) is 0 Å². The minimum absolute atomic E-state index is 0.151. The quantitative estimate of drug-likeness (QED) is 0.481. The van der Waals surface area contributed by atoms with E-state index < -0.39 is 17.0 Å². The molecule has 0 spiro atoms. The summed E-state index contributed by atoms with van der Waals surface area (Å²) >= 11 is 0. The van der Waals surface area contributed by atoms with Crippen LogP contribution in [0.15, 0.2) is 36.9 Å². The molecule has 1 atom stereocenters. The maximum Gasteiger partial charge on any atom is 0.321 e. The highest BCUT2D eigenvalue weighted by Gasteiger charge is 2.52. The number of fused-ring (bicyclic) bond motifs is 1. The number of Topliss-reactive ketones (excluding diaryl/α,β-unsaturated/α-hetero) is 1. The van der Waals surface area contributed by atoms with Gasteiger partial charge in [0.2, 0.25) is 0 Å². The predicted molar refractivity (Wildman–Crippen MR) is 77.6 cm³/mol. The summed E-state index contributed by atoms with van der Waals surface area (Å²) in [4.78, 5) is 25.2. The topological polar surface area (TPSA) is 43.4 Å². The molecule has 1 aromatic rings. The highest BCUT2D eigenvalue weighted by Crippen LogP contribution is 2.41. The predicted octanol–water partition coefficient (Wildman–Crippen LogP) is 3.33. The third-order valence-electron chi connectivity index (χ3n) is 3.47. The van der Waals surface area contributed by atoms with Gasteiger partial charge in [-0.15, -0.1) is 6.58 Å². The van der Waals surface area contributed by atoms with Crippen LogP contribution in [-0.2, 0) is 16.0 Å². The van der Waals surface area contributed by atoms with Gasteiger partial charge in [0, 0.05) is 5.56 Å². The van der Waals surface area contributed by atoms with Gasteiger partial charge >= 0.3 is 5.97 Å². The molecule has 106 valence electrons. The van der Waals surface area contributed by atoms with Crippen molar-refractivity contribution in [2.24, 2.45) is 5.41 Å². The highest BCUT2D eigenvalue weighted by molar-refractivity contribution is 6.16. The number of esters is 1. The van der Waals surface area contributed by atoms with Crippen LogP contribution in [-0.4, -0.2) is 17.4 Å². The van der Waals surface area contributed by atoms with E-state index in [1.807, 2.05) is 18.2 Å². The van der Waals surface area contributed by atoms with E-state index in [-0.39, 0.29) is 5.78 Å². The minimum Gasteiger partial charge on any atom is -0.459 e. The summed E-state index contributed by atoms with van der Waals surface area (Å²) in [6.07, 6.45) is 2.31. The third-order valence-corrected chi connectivity index (χ3v) is 3.47. The van der Waals surface area contributed by atoms with Crippen LogP contribution in [0.1, 0.15) is 43.1 Å². The summed E-state index contributed by atoms with van der Waals surface area (Å²) in [5.41, 5.74) is -0.218. The van der Waals surface area contributed by atoms with Crippen LogP contribution in [0.2, 0.25) is 0 Å². The number of carbonyl (C=O) groups excluding carboxylic acids is 2. The summed E-state index contributed by atoms with van der Waals surface area (Å²) in [5.74, 6) is -0.603. The van der Waals surface area contributed by atoms with Gasteiger partial charge in [0.25, 0.3) is 0 Å². The van der Waals surface area contributed by atoms with E-state index in [4.69, 9.17) is 4.74 Å². The Morgan fingerprint density at radius 2 is 2.05 bits per heavy atom. The highest BCUT2D eigenvalue weighted by atomic mass is 16.6. The Bertz CT molecular complexity index is 566. The molecule has 0 heterocycles. The lowest BCUT2D eigenvalue weighted by Crippen LogP contribution is -2.41. The molecule has 1 aliphatic carbocycles. The Morgan fingerprint density at radius 3 is 2.60 bits per heavy atom. The van der Waals surface area contributed by atoms with Gasteiger partial charge in [-0.1, -0.05) is 30.3 Å². The van der Waals surface area contributed by atoms with Gasteiger partial charge in [0.1, 0.15) is 11.0 Å². The molecule has 0 radical (unpaired) electrons. The zero-order chi connectivity index (χ0) is 15.0. The molecule has 3 nitrogen and oxygen atoms in total. The number of hydrogen-bond acceptors (Lipinski definition) is 3. The second-order valence-electron chi connectivity index (χ2n) is 6.24. The number of ether oxygens (including phenoxy) is 1. The number of allylic oxidation sites excluding steroid dienone is 1. The molecule has 20 heavy (non-hydrogen) atoms. The molecule has 0 bridgehead atoms. The summed E-state index contributed by atoms with van der Waals surface area (Å²) in [7, 11) is 0. The van der Waals surface area contributed by atoms with Crippen molar-refractivity contribution in [3.63, 3.8) is 0 Å². The average molecular weight is 272 g/mol. The van der Waals surface area contributed by atoms with E-state index >= 15 is 0 Å². The molecule has 0 aliphatic heterocycles. The SMILES string of the molecule is C=CC[C@@]1(C(=O)OC(C)(C)C)Cc2ccccc2C1=O. The zero-order valence-corrected chi connectivity index (χ0v) is 12.2. The van der Waals surface area contributed by atoms with Gasteiger partial charge in [-0.05, 0) is 39.2 Å². The fraction of sp³-hybridized carbons (Fsp3) is 0.412. The first kappa shape index (κ1) is 14.5. The molecule has 1 aromatic carbocycles. The average Bonchev–Trinajstić information content (AvgIpc) is 2.63. The van der Waals surface area contributed by atoms with Crippen molar-refractivity contribution < 1.29 is 14.3 Å². The molecule has 0 unspecified atom stereocenters. The number of carbonyl (C=O) groups is 2. The van der Waals surface area contributed by atoms with Crippen molar-refractivity contribution in [3.05, 3.63) is 48.0 Å². The van der Waals surface area contributed by atoms with Crippen LogP contribution < -0.4 is 0 Å². The first-order valence-corrected chi connectivity index (χ1v) is 6.77. The lowest BCUT2D eigenvalue weighted by atomic mass is 9.80. The molecule has 3 heteroatoms. The largest absolute Gasteiger partial charge is 0.459 e. The van der Waals surface area contributed by atoms with Crippen LogP contribution in [0.25, 0.3) is 0 Å². The van der Waals surface area contributed by atoms with Crippen LogP contribution >= 0.6 is 0 Å². The Balaban J connectivity index is 2.41. The first-order chi connectivity index (χ1) is 9.30. The Morgan fingerprint density at radius 1 is 1.40 bits per heavy atom. The summed E-state index contributed by atoms with van der Waals surface area (Å²) in [5, 5.41) is 0. The fourth-order valence-electron chi connectivity index (χ4n) is 2.59. The molecular weight excluding hydrogens is 252 g/mol. The second-order valence-corrected chi connectivity index (χ2v) is 6.24. The minimum atomic E-state index is -1.14. The normalized spacial score (nSPS) is 21.4. The number of benzene rings is 1. The van der Waals surface area contributed by atoms with Gasteiger partial charge in [0.15, 0.2) is 5.78 Å². The van der Waals surface area contributed by atoms with Crippen molar-refractivity contribution in [2.45, 2.75) is 39.2 Å². The summed E-state index contributed by atoms with van der Waals surface area (Å²) in [6.45, 7) is 9.10. The van der Waals surface area contributed by atoms with Crippen LogP contribution in [0.4, 0.5) is 0 Å². The lowest BCUT2D eigenvalue weighted by molar-refractivity contribution is -0.164. The molecular formula is C17H20O3. The van der Waals surface area contributed by atoms with Crippen LogP contribution in [0.3, 0.4) is 0 Å². The van der Waals surface area contributed by atoms with Gasteiger partial charge in [-0.25, -0.2) is 0 Å². The maximum absolute atomic E-state index is 12.7. The molecule has 1 aliphatic rings. The number of hydrogen-bond donors (Lipinski definition) is 0. The van der Waals surface area contributed by atoms with E-state index in [1.54, 1.807) is 32.9 Å². The lowest BCUT2D eigenvalue weighted by Gasteiger charge is -2.29. The van der Waals surface area contributed by atoms with Gasteiger partial charge in [0.05, 0.1) is 0 Å². The molecule has 0 aromatic heterocycles. The van der Waals surface area contributed by atoms with Crippen LogP contribution in [0, 0.1) is 5.41 Å². The standard InChI is InChI=1S/C17H20O3/c1-5-10-17(15(19)20-16(2,3)4)11-12-8-6-7-9-13(12)14(17)18/h5-9H,1,10-11H2,2-4H3/t17-/m1/s1. The molecule has 0 saturated heterocycles. The number of ketones is 1. The maximum atomic E-state index is 12.7. The van der Waals surface area contributed by atoms with Gasteiger partial charge < -0.3 is 4.74 Å². The second kappa shape index (κ2) is 4.89. The molecule has 2 rings (SSSR count).